The molecule has 204 valence electrons. The number of hydrogen-bond donors (Lipinski definition) is 0. The molecule has 0 saturated carbocycles. The van der Waals surface area contributed by atoms with E-state index in [1.165, 1.54) is 0 Å². The zero-order valence-corrected chi connectivity index (χ0v) is 24.0. The number of ketones is 3. The molecule has 4 atom stereocenters. The van der Waals surface area contributed by atoms with Gasteiger partial charge >= 0.3 is 0 Å². The normalized spacial score (nSPS) is 20.4. The molecule has 0 bridgehead atoms. The van der Waals surface area contributed by atoms with Crippen molar-refractivity contribution >= 4 is 17.3 Å². The number of allylic oxidation sites excluding steroid dienone is 2. The first-order chi connectivity index (χ1) is 18.1. The molecule has 0 radical (unpaired) electrons. The summed E-state index contributed by atoms with van der Waals surface area (Å²) in [5, 5.41) is 0. The van der Waals surface area contributed by atoms with Crippen LogP contribution in [0, 0.1) is 37.5 Å². The van der Waals surface area contributed by atoms with E-state index in [0.717, 1.165) is 28.7 Å². The fourth-order valence-electron chi connectivity index (χ4n) is 5.81. The maximum absolute atomic E-state index is 14.0. The van der Waals surface area contributed by atoms with Crippen molar-refractivity contribution in [2.24, 2.45) is 23.7 Å². The highest BCUT2D eigenvalue weighted by Gasteiger charge is 2.51. The Kier molecular flexibility index (Phi) is 10.4. The molecule has 0 N–H and O–H groups in total. The van der Waals surface area contributed by atoms with Crippen LogP contribution in [0.1, 0.15) is 80.4 Å². The Labute approximate surface area is 228 Å². The molecule has 4 heteroatoms. The van der Waals surface area contributed by atoms with Crippen LogP contribution in [0.2, 0.25) is 0 Å². The summed E-state index contributed by atoms with van der Waals surface area (Å²) >= 11 is 0. The summed E-state index contributed by atoms with van der Waals surface area (Å²) in [4.78, 5) is 40.9. The molecular formula is C34H44O4. The summed E-state index contributed by atoms with van der Waals surface area (Å²) < 4.78 is 6.04. The molecule has 4 nitrogen and oxygen atoms in total. The summed E-state index contributed by atoms with van der Waals surface area (Å²) in [7, 11) is 0. The standard InChI is InChI=1S/C34H44O4/c1-7-8-9-13-19-30(35)32-29(22-38-34(32,5)6)33(37)25(4)27(20-26-16-11-10-12-17-26)21-31(36)28-18-14-15-23(2)24(28)3/h8-12,14-18,25,27,29,32H,7,13,19-22H2,1-6H3/b9-8-. The third kappa shape index (κ3) is 7.17. The van der Waals surface area contributed by atoms with Crippen LogP contribution in [0.15, 0.2) is 60.7 Å². The van der Waals surface area contributed by atoms with Crippen molar-refractivity contribution in [3.63, 3.8) is 0 Å². The lowest BCUT2D eigenvalue weighted by molar-refractivity contribution is -0.135. The van der Waals surface area contributed by atoms with Crippen molar-refractivity contribution < 1.29 is 19.1 Å². The predicted octanol–water partition coefficient (Wildman–Crippen LogP) is 7.30. The summed E-state index contributed by atoms with van der Waals surface area (Å²) in [6.07, 6.45) is 7.03. The summed E-state index contributed by atoms with van der Waals surface area (Å²) in [6, 6.07) is 15.8. The number of aryl methyl sites for hydroxylation is 1. The van der Waals surface area contributed by atoms with E-state index in [0.29, 0.717) is 19.3 Å². The second kappa shape index (κ2) is 13.3. The fourth-order valence-corrected chi connectivity index (χ4v) is 5.81. The molecule has 0 aliphatic carbocycles. The van der Waals surface area contributed by atoms with Crippen LogP contribution in [0.25, 0.3) is 0 Å². The molecule has 3 rings (SSSR count). The maximum atomic E-state index is 14.0. The topological polar surface area (TPSA) is 60.4 Å². The highest BCUT2D eigenvalue weighted by molar-refractivity contribution is 5.98. The third-order valence-corrected chi connectivity index (χ3v) is 8.31. The summed E-state index contributed by atoms with van der Waals surface area (Å²) in [6.45, 7) is 12.1. The van der Waals surface area contributed by atoms with Gasteiger partial charge in [-0.05, 0) is 69.6 Å². The van der Waals surface area contributed by atoms with Crippen molar-refractivity contribution in [2.45, 2.75) is 79.2 Å². The molecule has 0 aromatic heterocycles. The molecule has 2 aromatic rings. The van der Waals surface area contributed by atoms with Gasteiger partial charge in [0.15, 0.2) is 5.78 Å². The second-order valence-electron chi connectivity index (χ2n) is 11.4. The molecule has 1 aliphatic heterocycles. The number of carbonyl (C=O) groups is 3. The van der Waals surface area contributed by atoms with Gasteiger partial charge in [-0.3, -0.25) is 14.4 Å². The molecule has 4 unspecified atom stereocenters. The number of benzene rings is 2. The van der Waals surface area contributed by atoms with Crippen LogP contribution < -0.4 is 0 Å². The molecule has 0 spiro atoms. The smallest absolute Gasteiger partial charge is 0.163 e. The van der Waals surface area contributed by atoms with Crippen molar-refractivity contribution in [1.82, 2.24) is 0 Å². The molecule has 38 heavy (non-hydrogen) atoms. The average molecular weight is 517 g/mol. The van der Waals surface area contributed by atoms with Crippen LogP contribution in [0.5, 0.6) is 0 Å². The zero-order valence-electron chi connectivity index (χ0n) is 24.0. The molecule has 1 aliphatic rings. The lowest BCUT2D eigenvalue weighted by Crippen LogP contribution is -2.41. The molecule has 2 aromatic carbocycles. The van der Waals surface area contributed by atoms with Gasteiger partial charge in [0.25, 0.3) is 0 Å². The molecule has 1 fully saturated rings. The average Bonchev–Trinajstić information content (AvgIpc) is 3.22. The summed E-state index contributed by atoms with van der Waals surface area (Å²) in [5.41, 5.74) is 3.21. The van der Waals surface area contributed by atoms with Crippen LogP contribution in [0.3, 0.4) is 0 Å². The van der Waals surface area contributed by atoms with Crippen LogP contribution in [-0.2, 0) is 20.7 Å². The van der Waals surface area contributed by atoms with Gasteiger partial charge in [-0.25, -0.2) is 0 Å². The van der Waals surface area contributed by atoms with Gasteiger partial charge in [-0.2, -0.15) is 0 Å². The number of carbonyl (C=O) groups excluding carboxylic acids is 3. The number of rotatable bonds is 13. The van der Waals surface area contributed by atoms with Gasteiger partial charge in [-0.1, -0.05) is 74.5 Å². The van der Waals surface area contributed by atoms with Gasteiger partial charge in [0.1, 0.15) is 11.6 Å². The molecule has 0 amide bonds. The molecule has 1 saturated heterocycles. The Morgan fingerprint density at radius 2 is 1.74 bits per heavy atom. The van der Waals surface area contributed by atoms with E-state index in [4.69, 9.17) is 4.74 Å². The largest absolute Gasteiger partial charge is 0.374 e. The van der Waals surface area contributed by atoms with Crippen molar-refractivity contribution in [3.05, 3.63) is 82.9 Å². The minimum Gasteiger partial charge on any atom is -0.374 e. The highest BCUT2D eigenvalue weighted by Crippen LogP contribution is 2.41. The fraction of sp³-hybridized carbons (Fsp3) is 0.500. The Morgan fingerprint density at radius 1 is 1.03 bits per heavy atom. The van der Waals surface area contributed by atoms with Crippen molar-refractivity contribution in [1.29, 1.82) is 0 Å². The van der Waals surface area contributed by atoms with Crippen LogP contribution in [0.4, 0.5) is 0 Å². The minimum atomic E-state index is -0.685. The van der Waals surface area contributed by atoms with Crippen LogP contribution >= 0.6 is 0 Å². The highest BCUT2D eigenvalue weighted by atomic mass is 16.5. The Bertz CT molecular complexity index is 1140. The van der Waals surface area contributed by atoms with Crippen molar-refractivity contribution in [2.75, 3.05) is 6.61 Å². The lowest BCUT2D eigenvalue weighted by Gasteiger charge is -2.30. The maximum Gasteiger partial charge on any atom is 0.163 e. The van der Waals surface area contributed by atoms with Gasteiger partial charge < -0.3 is 4.74 Å². The Hall–Kier alpha value is -2.85. The number of hydrogen-bond acceptors (Lipinski definition) is 4. The van der Waals surface area contributed by atoms with E-state index in [1.807, 2.05) is 89.2 Å². The van der Waals surface area contributed by atoms with Gasteiger partial charge in [0.05, 0.1) is 24.0 Å². The van der Waals surface area contributed by atoms with Crippen LogP contribution in [-0.4, -0.2) is 29.6 Å². The van der Waals surface area contributed by atoms with E-state index in [2.05, 4.69) is 13.0 Å². The first kappa shape index (κ1) is 29.7. The van der Waals surface area contributed by atoms with Gasteiger partial charge in [0, 0.05) is 24.3 Å². The first-order valence-electron chi connectivity index (χ1n) is 14.1. The SMILES string of the molecule is CC/C=C\CCC(=O)C1C(C(=O)C(C)C(CC(=O)c2cccc(C)c2C)Cc2ccccc2)COC1(C)C. The Morgan fingerprint density at radius 3 is 2.42 bits per heavy atom. The number of Topliss-reactive ketones (excluding diaryl/α,β-unsaturated/α-hetero) is 3. The van der Waals surface area contributed by atoms with E-state index in [1.54, 1.807) is 0 Å². The minimum absolute atomic E-state index is 0.0349. The zero-order chi connectivity index (χ0) is 27.9. The molecule has 1 heterocycles. The van der Waals surface area contributed by atoms with E-state index < -0.39 is 17.4 Å². The Balaban J connectivity index is 1.85. The number of ether oxygens (including phenoxy) is 1. The predicted molar refractivity (Wildman–Crippen MR) is 153 cm³/mol. The molecular weight excluding hydrogens is 472 g/mol. The van der Waals surface area contributed by atoms with Gasteiger partial charge in [0.2, 0.25) is 0 Å². The second-order valence-corrected chi connectivity index (χ2v) is 11.4. The van der Waals surface area contributed by atoms with E-state index in [-0.39, 0.29) is 42.2 Å². The summed E-state index contributed by atoms with van der Waals surface area (Å²) in [5.74, 6) is -1.34. The van der Waals surface area contributed by atoms with E-state index >= 15 is 0 Å². The third-order valence-electron chi connectivity index (χ3n) is 8.31. The monoisotopic (exact) mass is 516 g/mol. The lowest BCUT2D eigenvalue weighted by atomic mass is 9.71. The van der Waals surface area contributed by atoms with E-state index in [9.17, 15) is 14.4 Å². The van der Waals surface area contributed by atoms with Gasteiger partial charge in [-0.15, -0.1) is 0 Å². The quantitative estimate of drug-likeness (QED) is 0.207. The van der Waals surface area contributed by atoms with Crippen molar-refractivity contribution in [3.8, 4) is 0 Å². The first-order valence-corrected chi connectivity index (χ1v) is 14.1.